The summed E-state index contributed by atoms with van der Waals surface area (Å²) in [5, 5.41) is 2.61. The van der Waals surface area contributed by atoms with Gasteiger partial charge in [-0.2, -0.15) is 0 Å². The zero-order chi connectivity index (χ0) is 13.3. The Morgan fingerprint density at radius 1 is 1.44 bits per heavy atom. The Labute approximate surface area is 108 Å². The van der Waals surface area contributed by atoms with Crippen molar-refractivity contribution in [2.75, 3.05) is 7.05 Å². The van der Waals surface area contributed by atoms with Crippen LogP contribution in [0, 0.1) is 0 Å². The highest BCUT2D eigenvalue weighted by molar-refractivity contribution is 5.96. The van der Waals surface area contributed by atoms with Crippen molar-refractivity contribution in [3.63, 3.8) is 0 Å². The van der Waals surface area contributed by atoms with Crippen molar-refractivity contribution in [2.45, 2.75) is 45.1 Å². The summed E-state index contributed by atoms with van der Waals surface area (Å²) in [6.07, 6.45) is 4.02. The number of carbonyl (C=O) groups is 1. The Balaban J connectivity index is 2.37. The summed E-state index contributed by atoms with van der Waals surface area (Å²) in [5.41, 5.74) is 1.39. The maximum absolute atomic E-state index is 11.8. The fourth-order valence-corrected chi connectivity index (χ4v) is 1.62. The number of amides is 1. The van der Waals surface area contributed by atoms with Crippen molar-refractivity contribution in [1.29, 1.82) is 0 Å². The minimum Gasteiger partial charge on any atom is -0.489 e. The van der Waals surface area contributed by atoms with E-state index in [1.54, 1.807) is 13.2 Å². The Hall–Kier alpha value is -1.58. The van der Waals surface area contributed by atoms with Crippen LogP contribution in [0.2, 0.25) is 0 Å². The van der Waals surface area contributed by atoms with Crippen LogP contribution >= 0.6 is 0 Å². The highest BCUT2D eigenvalue weighted by Crippen LogP contribution is 2.31. The predicted molar refractivity (Wildman–Crippen MR) is 70.0 cm³/mol. The van der Waals surface area contributed by atoms with Crippen LogP contribution in [-0.4, -0.2) is 24.0 Å². The van der Waals surface area contributed by atoms with Gasteiger partial charge in [-0.3, -0.25) is 9.78 Å². The highest BCUT2D eigenvalue weighted by Gasteiger charge is 2.27. The average molecular weight is 248 g/mol. The number of rotatable bonds is 3. The third-order valence-electron chi connectivity index (χ3n) is 2.92. The molecule has 1 aliphatic rings. The van der Waals surface area contributed by atoms with Gasteiger partial charge in [-0.1, -0.05) is 20.8 Å². The Morgan fingerprint density at radius 3 is 2.61 bits per heavy atom. The predicted octanol–water partition coefficient (Wildman–Crippen LogP) is 2.28. The molecule has 1 saturated carbocycles. The zero-order valence-electron chi connectivity index (χ0n) is 11.4. The van der Waals surface area contributed by atoms with Crippen LogP contribution in [0.3, 0.4) is 0 Å². The van der Waals surface area contributed by atoms with E-state index in [1.165, 1.54) is 0 Å². The van der Waals surface area contributed by atoms with Gasteiger partial charge in [0.1, 0.15) is 5.75 Å². The summed E-state index contributed by atoms with van der Waals surface area (Å²) in [5.74, 6) is 0.496. The molecule has 1 fully saturated rings. The first-order valence-electron chi connectivity index (χ1n) is 6.31. The fourth-order valence-electron chi connectivity index (χ4n) is 1.62. The summed E-state index contributed by atoms with van der Waals surface area (Å²) >= 11 is 0. The van der Waals surface area contributed by atoms with Gasteiger partial charge < -0.3 is 10.1 Å². The van der Waals surface area contributed by atoms with Gasteiger partial charge in [0.05, 0.1) is 11.7 Å². The lowest BCUT2D eigenvalue weighted by atomic mass is 9.91. The molecular weight excluding hydrogens is 228 g/mol. The van der Waals surface area contributed by atoms with E-state index in [-0.39, 0.29) is 17.4 Å². The van der Waals surface area contributed by atoms with E-state index >= 15 is 0 Å². The Morgan fingerprint density at radius 2 is 2.11 bits per heavy atom. The van der Waals surface area contributed by atoms with Crippen molar-refractivity contribution in [3.05, 3.63) is 23.5 Å². The van der Waals surface area contributed by atoms with Gasteiger partial charge in [0, 0.05) is 30.4 Å². The number of pyridine rings is 1. The van der Waals surface area contributed by atoms with Gasteiger partial charge in [0.2, 0.25) is 0 Å². The van der Waals surface area contributed by atoms with Crippen molar-refractivity contribution >= 4 is 5.91 Å². The fraction of sp³-hybridized carbons (Fsp3) is 0.571. The van der Waals surface area contributed by atoms with Crippen LogP contribution < -0.4 is 10.1 Å². The second kappa shape index (κ2) is 4.59. The summed E-state index contributed by atoms with van der Waals surface area (Å²) in [7, 11) is 1.61. The van der Waals surface area contributed by atoms with E-state index in [1.807, 2.05) is 6.07 Å². The first-order chi connectivity index (χ1) is 8.41. The van der Waals surface area contributed by atoms with Gasteiger partial charge in [0.25, 0.3) is 5.91 Å². The van der Waals surface area contributed by atoms with Crippen LogP contribution in [0.4, 0.5) is 0 Å². The van der Waals surface area contributed by atoms with Gasteiger partial charge in [-0.25, -0.2) is 0 Å². The first-order valence-corrected chi connectivity index (χ1v) is 6.31. The molecule has 18 heavy (non-hydrogen) atoms. The molecule has 0 spiro atoms. The molecular formula is C14H20N2O2. The molecule has 0 atom stereocenters. The lowest BCUT2D eigenvalue weighted by Crippen LogP contribution is -2.21. The molecule has 4 heteroatoms. The maximum atomic E-state index is 11.8. The van der Waals surface area contributed by atoms with Gasteiger partial charge in [0.15, 0.2) is 0 Å². The van der Waals surface area contributed by atoms with Crippen LogP contribution in [0.15, 0.2) is 12.3 Å². The topological polar surface area (TPSA) is 51.2 Å². The Bertz CT molecular complexity index is 459. The molecule has 2 rings (SSSR count). The minimum atomic E-state index is -0.154. The SMILES string of the molecule is CNC(=O)c1cnc(C(C)(C)C)cc1OC1CC1. The van der Waals surface area contributed by atoms with E-state index in [0.717, 1.165) is 18.5 Å². The van der Waals surface area contributed by atoms with Gasteiger partial charge in [-0.15, -0.1) is 0 Å². The highest BCUT2D eigenvalue weighted by atomic mass is 16.5. The normalized spacial score (nSPS) is 15.3. The molecule has 4 nitrogen and oxygen atoms in total. The molecule has 1 aromatic heterocycles. The van der Waals surface area contributed by atoms with Gasteiger partial charge >= 0.3 is 0 Å². The second-order valence-corrected chi connectivity index (χ2v) is 5.71. The van der Waals surface area contributed by atoms with Crippen molar-refractivity contribution in [3.8, 4) is 5.75 Å². The molecule has 0 saturated heterocycles. The number of nitrogens with zero attached hydrogens (tertiary/aromatic N) is 1. The molecule has 0 radical (unpaired) electrons. The third-order valence-corrected chi connectivity index (χ3v) is 2.92. The molecule has 0 aromatic carbocycles. The van der Waals surface area contributed by atoms with Crippen molar-refractivity contribution in [1.82, 2.24) is 10.3 Å². The third kappa shape index (κ3) is 2.81. The molecule has 1 aromatic rings. The molecule has 1 aliphatic carbocycles. The number of carbonyl (C=O) groups excluding carboxylic acids is 1. The maximum Gasteiger partial charge on any atom is 0.256 e. The number of ether oxygens (including phenoxy) is 1. The van der Waals surface area contributed by atoms with E-state index < -0.39 is 0 Å². The molecule has 0 unspecified atom stereocenters. The van der Waals surface area contributed by atoms with Crippen LogP contribution in [-0.2, 0) is 5.41 Å². The molecule has 1 N–H and O–H groups in total. The number of aromatic nitrogens is 1. The lowest BCUT2D eigenvalue weighted by molar-refractivity contribution is 0.0958. The number of hydrogen-bond acceptors (Lipinski definition) is 3. The molecule has 1 heterocycles. The quantitative estimate of drug-likeness (QED) is 0.892. The van der Waals surface area contributed by atoms with Crippen LogP contribution in [0.5, 0.6) is 5.75 Å². The standard InChI is InChI=1S/C14H20N2O2/c1-14(2,3)12-7-11(18-9-5-6-9)10(8-16-12)13(17)15-4/h7-9H,5-6H2,1-4H3,(H,15,17). The number of hydrogen-bond donors (Lipinski definition) is 1. The smallest absolute Gasteiger partial charge is 0.256 e. The van der Waals surface area contributed by atoms with Gasteiger partial charge in [-0.05, 0) is 12.8 Å². The van der Waals surface area contributed by atoms with Crippen molar-refractivity contribution < 1.29 is 9.53 Å². The monoisotopic (exact) mass is 248 g/mol. The largest absolute Gasteiger partial charge is 0.489 e. The minimum absolute atomic E-state index is 0.0527. The summed E-state index contributed by atoms with van der Waals surface area (Å²) < 4.78 is 5.81. The van der Waals surface area contributed by atoms with Crippen LogP contribution in [0.1, 0.15) is 49.7 Å². The average Bonchev–Trinajstić information content (AvgIpc) is 3.10. The summed E-state index contributed by atoms with van der Waals surface area (Å²) in [4.78, 5) is 16.1. The molecule has 1 amide bonds. The summed E-state index contributed by atoms with van der Waals surface area (Å²) in [6.45, 7) is 6.28. The zero-order valence-corrected chi connectivity index (χ0v) is 11.4. The van der Waals surface area contributed by atoms with Crippen molar-refractivity contribution in [2.24, 2.45) is 0 Å². The second-order valence-electron chi connectivity index (χ2n) is 5.71. The van der Waals surface area contributed by atoms with Crippen LogP contribution in [0.25, 0.3) is 0 Å². The Kier molecular flexibility index (Phi) is 3.28. The number of nitrogens with one attached hydrogen (secondary N) is 1. The van der Waals surface area contributed by atoms with E-state index in [2.05, 4.69) is 31.1 Å². The van der Waals surface area contributed by atoms with E-state index in [0.29, 0.717) is 11.3 Å². The lowest BCUT2D eigenvalue weighted by Gasteiger charge is -2.19. The molecule has 0 bridgehead atoms. The van der Waals surface area contributed by atoms with E-state index in [4.69, 9.17) is 4.74 Å². The summed E-state index contributed by atoms with van der Waals surface area (Å²) in [6, 6.07) is 1.89. The molecule has 98 valence electrons. The molecule has 0 aliphatic heterocycles. The first kappa shape index (κ1) is 12.9. The van der Waals surface area contributed by atoms with E-state index in [9.17, 15) is 4.79 Å².